The normalized spacial score (nSPS) is 11.7. The summed E-state index contributed by atoms with van der Waals surface area (Å²) < 4.78 is 49.0. The molecule has 0 unspecified atom stereocenters. The molecule has 0 fully saturated rings. The zero-order valence-corrected chi connectivity index (χ0v) is 23.4. The van der Waals surface area contributed by atoms with Crippen LogP contribution in [0.4, 0.5) is 0 Å². The van der Waals surface area contributed by atoms with E-state index in [0.717, 1.165) is 16.5 Å². The molecular formula is C29H36N2O7S. The van der Waals surface area contributed by atoms with E-state index in [2.05, 4.69) is 0 Å². The summed E-state index contributed by atoms with van der Waals surface area (Å²) in [5, 5.41) is 1.14. The van der Waals surface area contributed by atoms with Gasteiger partial charge in [0, 0.05) is 32.2 Å². The first-order valence-corrected chi connectivity index (χ1v) is 14.1. The smallest absolute Gasteiger partial charge is 0.238 e. The largest absolute Gasteiger partial charge is 0.493 e. The van der Waals surface area contributed by atoms with Crippen molar-refractivity contribution >= 4 is 22.0 Å². The number of benzene rings is 2. The van der Waals surface area contributed by atoms with Crippen molar-refractivity contribution in [1.29, 1.82) is 0 Å². The minimum absolute atomic E-state index is 0.144. The van der Waals surface area contributed by atoms with Crippen LogP contribution in [0.25, 0.3) is 6.08 Å². The Bertz CT molecular complexity index is 1290. The number of sulfonamides is 1. The molecule has 0 atom stereocenters. The molecule has 10 heteroatoms. The molecule has 0 aliphatic rings. The highest BCUT2D eigenvalue weighted by Crippen LogP contribution is 2.28. The Morgan fingerprint density at radius 1 is 0.949 bits per heavy atom. The van der Waals surface area contributed by atoms with Crippen LogP contribution in [-0.4, -0.2) is 71.1 Å². The Balaban J connectivity index is 1.79. The number of nitrogens with zero attached hydrogens (tertiary/aromatic N) is 2. The molecule has 9 nitrogen and oxygen atoms in total. The highest BCUT2D eigenvalue weighted by atomic mass is 32.2. The topological polar surface area (TPSA) is 98.5 Å². The van der Waals surface area contributed by atoms with Gasteiger partial charge in [0.1, 0.15) is 5.76 Å². The molecule has 1 amide bonds. The Morgan fingerprint density at radius 3 is 2.38 bits per heavy atom. The number of carbonyl (C=O) groups is 1. The highest BCUT2D eigenvalue weighted by molar-refractivity contribution is 7.92. The fraction of sp³-hybridized carbons (Fsp3) is 0.345. The summed E-state index contributed by atoms with van der Waals surface area (Å²) in [6.45, 7) is 0.771. The van der Waals surface area contributed by atoms with Crippen LogP contribution in [0.2, 0.25) is 0 Å². The van der Waals surface area contributed by atoms with E-state index in [1.807, 2.05) is 48.5 Å². The Hall–Kier alpha value is -3.60. The molecule has 0 aliphatic carbocycles. The third-order valence-corrected chi connectivity index (χ3v) is 7.57. The lowest BCUT2D eigenvalue weighted by atomic mass is 10.1. The van der Waals surface area contributed by atoms with Gasteiger partial charge in [-0.2, -0.15) is 4.31 Å². The number of furan rings is 1. The Kier molecular flexibility index (Phi) is 11.6. The van der Waals surface area contributed by atoms with Gasteiger partial charge in [0.2, 0.25) is 15.9 Å². The van der Waals surface area contributed by atoms with Gasteiger partial charge >= 0.3 is 0 Å². The number of ether oxygens (including phenoxy) is 3. The van der Waals surface area contributed by atoms with E-state index in [0.29, 0.717) is 43.3 Å². The molecular weight excluding hydrogens is 520 g/mol. The van der Waals surface area contributed by atoms with Crippen molar-refractivity contribution < 1.29 is 31.8 Å². The average Bonchev–Trinajstić information content (AvgIpc) is 3.47. The van der Waals surface area contributed by atoms with Crippen molar-refractivity contribution in [3.05, 3.63) is 89.2 Å². The van der Waals surface area contributed by atoms with Crippen molar-refractivity contribution in [3.63, 3.8) is 0 Å². The van der Waals surface area contributed by atoms with Gasteiger partial charge in [-0.3, -0.25) is 4.79 Å². The Morgan fingerprint density at radius 2 is 1.72 bits per heavy atom. The van der Waals surface area contributed by atoms with Gasteiger partial charge in [0.25, 0.3) is 0 Å². The first-order chi connectivity index (χ1) is 18.9. The third-order valence-electron chi connectivity index (χ3n) is 6.06. The third kappa shape index (κ3) is 9.27. The summed E-state index contributed by atoms with van der Waals surface area (Å²) in [7, 11) is 0.815. The quantitative estimate of drug-likeness (QED) is 0.244. The van der Waals surface area contributed by atoms with Crippen LogP contribution in [0.5, 0.6) is 11.5 Å². The number of hydrogen-bond acceptors (Lipinski definition) is 7. The minimum Gasteiger partial charge on any atom is -0.493 e. The average molecular weight is 557 g/mol. The predicted molar refractivity (Wildman–Crippen MR) is 150 cm³/mol. The van der Waals surface area contributed by atoms with Gasteiger partial charge < -0.3 is 23.5 Å². The molecule has 0 radical (unpaired) electrons. The highest BCUT2D eigenvalue weighted by Gasteiger charge is 2.25. The molecule has 0 spiro atoms. The van der Waals surface area contributed by atoms with Gasteiger partial charge in [-0.1, -0.05) is 36.4 Å². The molecule has 3 aromatic rings. The first kappa shape index (κ1) is 29.9. The van der Waals surface area contributed by atoms with Crippen LogP contribution in [0.15, 0.2) is 76.8 Å². The minimum atomic E-state index is -3.88. The van der Waals surface area contributed by atoms with Crippen LogP contribution < -0.4 is 9.47 Å². The van der Waals surface area contributed by atoms with E-state index in [9.17, 15) is 13.2 Å². The van der Waals surface area contributed by atoms with Crippen molar-refractivity contribution in [2.75, 3.05) is 47.6 Å². The summed E-state index contributed by atoms with van der Waals surface area (Å²) in [4.78, 5) is 15.2. The van der Waals surface area contributed by atoms with Crippen LogP contribution in [-0.2, 0) is 32.5 Å². The van der Waals surface area contributed by atoms with Gasteiger partial charge in [0.15, 0.2) is 11.5 Å². The molecule has 0 aliphatic heterocycles. The number of methoxy groups -OCH3 is 3. The van der Waals surface area contributed by atoms with Crippen LogP contribution in [0.1, 0.15) is 23.3 Å². The molecule has 0 bridgehead atoms. The van der Waals surface area contributed by atoms with E-state index < -0.39 is 10.0 Å². The predicted octanol–water partition coefficient (Wildman–Crippen LogP) is 4.21. The number of hydrogen-bond donors (Lipinski definition) is 0. The standard InChI is InChI=1S/C29H36N2O7S/c1-35-18-8-16-31(39(33,34)20-15-24-9-5-4-6-10-24)23-29(32)30(22-26-11-7-19-38-26)17-14-25-12-13-27(36-2)28(21-25)37-3/h4-7,9-13,15,19-21H,8,14,16-18,22-23H2,1-3H3/b20-15+. The van der Waals surface area contributed by atoms with Crippen LogP contribution >= 0.6 is 0 Å². The number of carbonyl (C=O) groups excluding carboxylic acids is 1. The second-order valence-corrected chi connectivity index (χ2v) is 10.6. The maximum atomic E-state index is 13.6. The zero-order chi connectivity index (χ0) is 28.1. The molecule has 39 heavy (non-hydrogen) atoms. The van der Waals surface area contributed by atoms with E-state index in [4.69, 9.17) is 18.6 Å². The van der Waals surface area contributed by atoms with E-state index in [1.54, 1.807) is 44.6 Å². The van der Waals surface area contributed by atoms with Gasteiger partial charge in [0.05, 0.1) is 33.6 Å². The molecule has 210 valence electrons. The monoisotopic (exact) mass is 556 g/mol. The molecule has 3 rings (SSSR count). The Labute approximate surface area is 230 Å². The lowest BCUT2D eigenvalue weighted by molar-refractivity contribution is -0.132. The van der Waals surface area contributed by atoms with Crippen molar-refractivity contribution in [2.24, 2.45) is 0 Å². The molecule has 0 N–H and O–H groups in total. The summed E-state index contributed by atoms with van der Waals surface area (Å²) in [5.41, 5.74) is 1.69. The summed E-state index contributed by atoms with van der Waals surface area (Å²) in [6, 6.07) is 18.3. The summed E-state index contributed by atoms with van der Waals surface area (Å²) in [5.74, 6) is 1.49. The van der Waals surface area contributed by atoms with Crippen molar-refractivity contribution in [2.45, 2.75) is 19.4 Å². The summed E-state index contributed by atoms with van der Waals surface area (Å²) >= 11 is 0. The van der Waals surface area contributed by atoms with Gasteiger partial charge in [-0.25, -0.2) is 8.42 Å². The van der Waals surface area contributed by atoms with Crippen LogP contribution in [0.3, 0.4) is 0 Å². The van der Waals surface area contributed by atoms with E-state index >= 15 is 0 Å². The second-order valence-electron chi connectivity index (χ2n) is 8.77. The second kappa shape index (κ2) is 15.1. The lowest BCUT2D eigenvalue weighted by Crippen LogP contribution is -2.43. The van der Waals surface area contributed by atoms with Crippen molar-refractivity contribution in [1.82, 2.24) is 9.21 Å². The SMILES string of the molecule is COCCCN(CC(=O)N(CCc1ccc(OC)c(OC)c1)Cc1ccco1)S(=O)(=O)/C=C/c1ccccc1. The van der Waals surface area contributed by atoms with Crippen LogP contribution in [0, 0.1) is 0 Å². The van der Waals surface area contributed by atoms with Gasteiger partial charge in [-0.05, 0) is 54.3 Å². The molecule has 1 aromatic heterocycles. The molecule has 0 saturated carbocycles. The number of rotatable bonds is 16. The molecule has 2 aromatic carbocycles. The first-order valence-electron chi connectivity index (χ1n) is 12.6. The fourth-order valence-electron chi connectivity index (χ4n) is 3.93. The maximum Gasteiger partial charge on any atom is 0.238 e. The zero-order valence-electron chi connectivity index (χ0n) is 22.6. The molecule has 1 heterocycles. The van der Waals surface area contributed by atoms with Crippen molar-refractivity contribution in [3.8, 4) is 11.5 Å². The van der Waals surface area contributed by atoms with Gasteiger partial charge in [-0.15, -0.1) is 0 Å². The van der Waals surface area contributed by atoms with E-state index in [-0.39, 0.29) is 25.5 Å². The summed E-state index contributed by atoms with van der Waals surface area (Å²) in [6.07, 6.45) is 4.05. The van der Waals surface area contributed by atoms with E-state index in [1.165, 1.54) is 10.4 Å². The maximum absolute atomic E-state index is 13.6. The lowest BCUT2D eigenvalue weighted by Gasteiger charge is -2.26. The fourth-order valence-corrected chi connectivity index (χ4v) is 5.11. The molecule has 0 saturated heterocycles. The number of amides is 1.